The van der Waals surface area contributed by atoms with Crippen LogP contribution in [-0.2, 0) is 0 Å². The Morgan fingerprint density at radius 2 is 1.71 bits per heavy atom. The van der Waals surface area contributed by atoms with Gasteiger partial charge in [-0.2, -0.15) is 0 Å². The molecule has 0 radical (unpaired) electrons. The zero-order valence-corrected chi connectivity index (χ0v) is 12.7. The number of nitrogens with zero attached hydrogens (tertiary/aromatic N) is 2. The summed E-state index contributed by atoms with van der Waals surface area (Å²) in [7, 11) is 0. The molecule has 21 heavy (non-hydrogen) atoms. The van der Waals surface area contributed by atoms with Crippen LogP contribution in [0.15, 0.2) is 18.2 Å². The van der Waals surface area contributed by atoms with Crippen molar-refractivity contribution >= 4 is 5.78 Å². The van der Waals surface area contributed by atoms with Crippen molar-refractivity contribution < 1.29 is 15.0 Å². The summed E-state index contributed by atoms with van der Waals surface area (Å²) in [6.07, 6.45) is 0. The fourth-order valence-electron chi connectivity index (χ4n) is 2.64. The smallest absolute Gasteiger partial charge is 0.176 e. The first-order valence-corrected chi connectivity index (χ1v) is 7.45. The number of carbonyl (C=O) groups excluding carboxylic acids is 1. The molecule has 1 aromatic carbocycles. The topological polar surface area (TPSA) is 64.0 Å². The summed E-state index contributed by atoms with van der Waals surface area (Å²) in [6, 6.07) is 4.22. The van der Waals surface area contributed by atoms with Gasteiger partial charge in [-0.1, -0.05) is 13.8 Å². The van der Waals surface area contributed by atoms with Gasteiger partial charge >= 0.3 is 0 Å². The van der Waals surface area contributed by atoms with Crippen LogP contribution in [0.3, 0.4) is 0 Å². The Morgan fingerprint density at radius 1 is 1.10 bits per heavy atom. The van der Waals surface area contributed by atoms with Gasteiger partial charge in [0, 0.05) is 38.3 Å². The van der Waals surface area contributed by atoms with Crippen LogP contribution in [0, 0.1) is 5.92 Å². The number of hydrogen-bond donors (Lipinski definition) is 2. The number of carbonyl (C=O) groups is 1. The Hall–Kier alpha value is -1.59. The highest BCUT2D eigenvalue weighted by Gasteiger charge is 2.20. The molecule has 2 N–H and O–H groups in total. The first-order valence-electron chi connectivity index (χ1n) is 7.45. The minimum Gasteiger partial charge on any atom is -0.504 e. The van der Waals surface area contributed by atoms with Crippen LogP contribution in [-0.4, -0.2) is 65.1 Å². The molecule has 0 amide bonds. The molecular formula is C16H24N2O3. The van der Waals surface area contributed by atoms with Crippen LogP contribution in [0.4, 0.5) is 0 Å². The summed E-state index contributed by atoms with van der Waals surface area (Å²) in [5.41, 5.74) is 0.440. The number of Topliss-reactive ketones (excluding diaryl/α,β-unsaturated/α-hetero) is 1. The molecule has 5 nitrogen and oxygen atoms in total. The van der Waals surface area contributed by atoms with E-state index >= 15 is 0 Å². The fraction of sp³-hybridized carbons (Fsp3) is 0.562. The van der Waals surface area contributed by atoms with Crippen molar-refractivity contribution in [2.75, 3.05) is 39.3 Å². The monoisotopic (exact) mass is 292 g/mol. The maximum absolute atomic E-state index is 12.2. The number of piperazine rings is 1. The van der Waals surface area contributed by atoms with E-state index in [0.29, 0.717) is 18.0 Å². The molecule has 1 heterocycles. The lowest BCUT2D eigenvalue weighted by atomic mass is 10.1. The van der Waals surface area contributed by atoms with Crippen molar-refractivity contribution in [2.24, 2.45) is 5.92 Å². The number of aromatic hydroxyl groups is 2. The number of phenolic OH excluding ortho intramolecular Hbond substituents is 2. The molecule has 0 aliphatic carbocycles. The minimum atomic E-state index is -0.248. The van der Waals surface area contributed by atoms with Gasteiger partial charge in [-0.15, -0.1) is 0 Å². The van der Waals surface area contributed by atoms with Gasteiger partial charge in [-0.3, -0.25) is 9.69 Å². The first kappa shape index (κ1) is 15.8. The third kappa shape index (κ3) is 4.44. The third-order valence-corrected chi connectivity index (χ3v) is 3.75. The van der Waals surface area contributed by atoms with E-state index in [0.717, 1.165) is 32.7 Å². The van der Waals surface area contributed by atoms with E-state index in [1.807, 2.05) is 0 Å². The number of ketones is 1. The minimum absolute atomic E-state index is 0.0254. The molecule has 1 aliphatic rings. The van der Waals surface area contributed by atoms with Gasteiger partial charge in [-0.05, 0) is 24.1 Å². The van der Waals surface area contributed by atoms with Crippen LogP contribution >= 0.6 is 0 Å². The van der Waals surface area contributed by atoms with Crippen LogP contribution in [0.1, 0.15) is 24.2 Å². The van der Waals surface area contributed by atoms with Crippen LogP contribution < -0.4 is 0 Å². The second-order valence-corrected chi connectivity index (χ2v) is 6.10. The second kappa shape index (κ2) is 6.91. The SMILES string of the molecule is CC(C)CN1CCN(CC(=O)c2ccc(O)c(O)c2)CC1. The second-order valence-electron chi connectivity index (χ2n) is 6.10. The van der Waals surface area contributed by atoms with Gasteiger partial charge in [0.25, 0.3) is 0 Å². The van der Waals surface area contributed by atoms with E-state index in [1.54, 1.807) is 6.07 Å². The summed E-state index contributed by atoms with van der Waals surface area (Å²) < 4.78 is 0. The Morgan fingerprint density at radius 3 is 2.29 bits per heavy atom. The Bertz CT molecular complexity index is 494. The van der Waals surface area contributed by atoms with Crippen LogP contribution in [0.2, 0.25) is 0 Å². The van der Waals surface area contributed by atoms with E-state index < -0.39 is 0 Å². The number of phenols is 2. The maximum atomic E-state index is 12.2. The van der Waals surface area contributed by atoms with Gasteiger partial charge < -0.3 is 15.1 Å². The molecule has 0 saturated carbocycles. The molecule has 1 saturated heterocycles. The molecular weight excluding hydrogens is 268 g/mol. The quantitative estimate of drug-likeness (QED) is 0.637. The van der Waals surface area contributed by atoms with Crippen molar-refractivity contribution in [2.45, 2.75) is 13.8 Å². The van der Waals surface area contributed by atoms with Gasteiger partial charge in [0.1, 0.15) is 0 Å². The highest BCUT2D eigenvalue weighted by atomic mass is 16.3. The molecule has 1 aromatic rings. The van der Waals surface area contributed by atoms with E-state index in [1.165, 1.54) is 12.1 Å². The highest BCUT2D eigenvalue weighted by Crippen LogP contribution is 2.25. The lowest BCUT2D eigenvalue weighted by Gasteiger charge is -2.35. The zero-order valence-electron chi connectivity index (χ0n) is 12.7. The molecule has 1 aliphatic heterocycles. The summed E-state index contributed by atoms with van der Waals surface area (Å²) in [5, 5.41) is 18.7. The number of rotatable bonds is 5. The summed E-state index contributed by atoms with van der Waals surface area (Å²) >= 11 is 0. The largest absolute Gasteiger partial charge is 0.504 e. The maximum Gasteiger partial charge on any atom is 0.176 e. The van der Waals surface area contributed by atoms with E-state index in [9.17, 15) is 15.0 Å². The standard InChI is InChI=1S/C16H24N2O3/c1-12(2)10-17-5-7-18(8-6-17)11-16(21)13-3-4-14(19)15(20)9-13/h3-4,9,12,19-20H,5-8,10-11H2,1-2H3. The van der Waals surface area contributed by atoms with Crippen LogP contribution in [0.5, 0.6) is 11.5 Å². The summed E-state index contributed by atoms with van der Waals surface area (Å²) in [6.45, 7) is 9.66. The summed E-state index contributed by atoms with van der Waals surface area (Å²) in [5.74, 6) is 0.192. The molecule has 116 valence electrons. The molecule has 0 bridgehead atoms. The van der Waals surface area contributed by atoms with Crippen molar-refractivity contribution in [1.29, 1.82) is 0 Å². The average molecular weight is 292 g/mol. The van der Waals surface area contributed by atoms with Crippen molar-refractivity contribution in [3.63, 3.8) is 0 Å². The predicted molar refractivity (Wildman–Crippen MR) is 81.8 cm³/mol. The van der Waals surface area contributed by atoms with Gasteiger partial charge in [0.05, 0.1) is 6.54 Å². The Balaban J connectivity index is 1.85. The molecule has 1 fully saturated rings. The first-order chi connectivity index (χ1) is 9.95. The Kier molecular flexibility index (Phi) is 5.20. The molecule has 0 atom stereocenters. The third-order valence-electron chi connectivity index (χ3n) is 3.75. The molecule has 0 spiro atoms. The predicted octanol–water partition coefficient (Wildman–Crippen LogP) is 1.55. The molecule has 5 heteroatoms. The summed E-state index contributed by atoms with van der Waals surface area (Å²) in [4.78, 5) is 16.8. The molecule has 0 unspecified atom stereocenters. The van der Waals surface area contributed by atoms with Crippen molar-refractivity contribution in [3.8, 4) is 11.5 Å². The molecule has 0 aromatic heterocycles. The van der Waals surface area contributed by atoms with E-state index in [-0.39, 0.29) is 17.3 Å². The fourth-order valence-corrected chi connectivity index (χ4v) is 2.64. The van der Waals surface area contributed by atoms with Crippen molar-refractivity contribution in [1.82, 2.24) is 9.80 Å². The lowest BCUT2D eigenvalue weighted by molar-refractivity contribution is 0.0837. The van der Waals surface area contributed by atoms with Gasteiger partial charge in [0.2, 0.25) is 0 Å². The van der Waals surface area contributed by atoms with Gasteiger partial charge in [-0.25, -0.2) is 0 Å². The number of hydrogen-bond acceptors (Lipinski definition) is 5. The number of benzene rings is 1. The van der Waals surface area contributed by atoms with Crippen molar-refractivity contribution in [3.05, 3.63) is 23.8 Å². The highest BCUT2D eigenvalue weighted by molar-refractivity contribution is 5.98. The Labute approximate surface area is 125 Å². The normalized spacial score (nSPS) is 17.3. The average Bonchev–Trinajstić information content (AvgIpc) is 2.43. The molecule has 2 rings (SSSR count). The van der Waals surface area contributed by atoms with E-state index in [2.05, 4.69) is 23.6 Å². The lowest BCUT2D eigenvalue weighted by Crippen LogP contribution is -2.48. The zero-order chi connectivity index (χ0) is 15.4. The van der Waals surface area contributed by atoms with E-state index in [4.69, 9.17) is 0 Å². The van der Waals surface area contributed by atoms with Gasteiger partial charge in [0.15, 0.2) is 17.3 Å². The van der Waals surface area contributed by atoms with Crippen LogP contribution in [0.25, 0.3) is 0 Å².